The summed E-state index contributed by atoms with van der Waals surface area (Å²) in [5.41, 5.74) is 1.52. The van der Waals surface area contributed by atoms with Crippen LogP contribution in [-0.2, 0) is 0 Å². The summed E-state index contributed by atoms with van der Waals surface area (Å²) in [6.07, 6.45) is 3.42. The minimum absolute atomic E-state index is 0.0578. The molecule has 0 saturated carbocycles. The van der Waals surface area contributed by atoms with Gasteiger partial charge in [-0.2, -0.15) is 0 Å². The second-order valence-electron chi connectivity index (χ2n) is 4.13. The van der Waals surface area contributed by atoms with E-state index in [9.17, 15) is 4.39 Å². The maximum atomic E-state index is 13.9. The molecule has 15 heavy (non-hydrogen) atoms. The van der Waals surface area contributed by atoms with Crippen LogP contribution < -0.4 is 5.32 Å². The topological polar surface area (TPSA) is 12.0 Å². The Bertz CT molecular complexity index is 359. The number of hydrogen-bond acceptors (Lipinski definition) is 1. The van der Waals surface area contributed by atoms with E-state index in [0.29, 0.717) is 5.56 Å². The molecule has 1 atom stereocenters. The van der Waals surface area contributed by atoms with Crippen LogP contribution >= 0.6 is 15.9 Å². The third-order valence-electron chi connectivity index (χ3n) is 2.93. The second kappa shape index (κ2) is 4.62. The van der Waals surface area contributed by atoms with Crippen LogP contribution in [0.3, 0.4) is 0 Å². The number of halogens is 2. The van der Waals surface area contributed by atoms with E-state index in [4.69, 9.17) is 0 Å². The first kappa shape index (κ1) is 11.1. The first-order chi connectivity index (χ1) is 7.18. The summed E-state index contributed by atoms with van der Waals surface area (Å²) in [5, 5.41) is 3.37. The smallest absolute Gasteiger partial charge is 0.130 e. The molecule has 0 bridgehead atoms. The monoisotopic (exact) mass is 271 g/mol. The van der Waals surface area contributed by atoms with E-state index in [2.05, 4.69) is 21.2 Å². The van der Waals surface area contributed by atoms with Crippen molar-refractivity contribution in [2.75, 3.05) is 6.54 Å². The molecular weight excluding hydrogens is 257 g/mol. The summed E-state index contributed by atoms with van der Waals surface area (Å²) in [5.74, 6) is -0.0578. The molecule has 1 aromatic rings. The Hall–Kier alpha value is -0.410. The van der Waals surface area contributed by atoms with Crippen molar-refractivity contribution >= 4 is 15.9 Å². The van der Waals surface area contributed by atoms with Crippen molar-refractivity contribution in [2.24, 2.45) is 0 Å². The van der Waals surface area contributed by atoms with Crippen LogP contribution in [0.2, 0.25) is 0 Å². The van der Waals surface area contributed by atoms with Crippen molar-refractivity contribution < 1.29 is 4.39 Å². The highest BCUT2D eigenvalue weighted by molar-refractivity contribution is 9.10. The van der Waals surface area contributed by atoms with Crippen molar-refractivity contribution in [2.45, 2.75) is 32.2 Å². The molecule has 0 radical (unpaired) electrons. The highest BCUT2D eigenvalue weighted by Crippen LogP contribution is 2.29. The molecule has 0 aromatic heterocycles. The molecule has 1 saturated heterocycles. The lowest BCUT2D eigenvalue weighted by Gasteiger charge is -2.24. The normalized spacial score (nSPS) is 21.7. The van der Waals surface area contributed by atoms with Gasteiger partial charge in [-0.3, -0.25) is 0 Å². The molecule has 1 nitrogen and oxygen atoms in total. The van der Waals surface area contributed by atoms with Gasteiger partial charge in [0.15, 0.2) is 0 Å². The molecular formula is C12H15BrFN. The third kappa shape index (κ3) is 2.40. The fourth-order valence-electron chi connectivity index (χ4n) is 2.12. The average Bonchev–Trinajstić information content (AvgIpc) is 2.24. The van der Waals surface area contributed by atoms with E-state index in [1.54, 1.807) is 0 Å². The molecule has 2 rings (SSSR count). The van der Waals surface area contributed by atoms with E-state index < -0.39 is 0 Å². The van der Waals surface area contributed by atoms with Gasteiger partial charge >= 0.3 is 0 Å². The van der Waals surface area contributed by atoms with Crippen molar-refractivity contribution in [1.29, 1.82) is 0 Å². The number of rotatable bonds is 1. The fraction of sp³-hybridized carbons (Fsp3) is 0.500. The summed E-state index contributed by atoms with van der Waals surface area (Å²) in [7, 11) is 0. The summed E-state index contributed by atoms with van der Waals surface area (Å²) in [4.78, 5) is 0. The van der Waals surface area contributed by atoms with Gasteiger partial charge in [-0.25, -0.2) is 4.39 Å². The maximum Gasteiger partial charge on any atom is 0.130 e. The average molecular weight is 272 g/mol. The number of nitrogens with one attached hydrogen (secondary N) is 1. The van der Waals surface area contributed by atoms with Gasteiger partial charge in [-0.1, -0.05) is 22.4 Å². The lowest BCUT2D eigenvalue weighted by Crippen LogP contribution is -2.27. The number of hydrogen-bond donors (Lipinski definition) is 1. The molecule has 1 aliphatic rings. The molecule has 0 spiro atoms. The predicted octanol–water partition coefficient (Wildman–Crippen LogP) is 3.71. The Balaban J connectivity index is 2.33. The van der Waals surface area contributed by atoms with Gasteiger partial charge in [0.2, 0.25) is 0 Å². The lowest BCUT2D eigenvalue weighted by atomic mass is 9.96. The Morgan fingerprint density at radius 1 is 1.40 bits per heavy atom. The lowest BCUT2D eigenvalue weighted by molar-refractivity contribution is 0.399. The standard InChI is InChI=1S/C12H15BrFN/c1-8-6-9(13)7-10(12(8)14)11-4-2-3-5-15-11/h6-7,11,15H,2-5H2,1H3/t11-/m0/s1. The first-order valence-electron chi connectivity index (χ1n) is 5.37. The summed E-state index contributed by atoms with van der Waals surface area (Å²) < 4.78 is 14.9. The molecule has 1 aromatic carbocycles. The van der Waals surface area contributed by atoms with Crippen LogP contribution in [0.4, 0.5) is 4.39 Å². The van der Waals surface area contributed by atoms with E-state index >= 15 is 0 Å². The van der Waals surface area contributed by atoms with Crippen LogP contribution in [0.25, 0.3) is 0 Å². The Labute approximate surface area is 98.2 Å². The molecule has 1 N–H and O–H groups in total. The third-order valence-corrected chi connectivity index (χ3v) is 3.39. The fourth-order valence-corrected chi connectivity index (χ4v) is 2.71. The van der Waals surface area contributed by atoms with E-state index in [-0.39, 0.29) is 11.9 Å². The van der Waals surface area contributed by atoms with Crippen LogP contribution in [0, 0.1) is 12.7 Å². The highest BCUT2D eigenvalue weighted by Gasteiger charge is 2.19. The van der Waals surface area contributed by atoms with Crippen molar-refractivity contribution in [1.82, 2.24) is 5.32 Å². The van der Waals surface area contributed by atoms with Gasteiger partial charge in [0.05, 0.1) is 0 Å². The minimum atomic E-state index is -0.0578. The minimum Gasteiger partial charge on any atom is -0.310 e. The van der Waals surface area contributed by atoms with Gasteiger partial charge in [0.1, 0.15) is 5.82 Å². The van der Waals surface area contributed by atoms with E-state index in [0.717, 1.165) is 23.0 Å². The molecule has 82 valence electrons. The summed E-state index contributed by atoms with van der Waals surface area (Å²) in [6.45, 7) is 2.81. The molecule has 0 unspecified atom stereocenters. The number of aryl methyl sites for hydroxylation is 1. The predicted molar refractivity (Wildman–Crippen MR) is 63.4 cm³/mol. The highest BCUT2D eigenvalue weighted by atomic mass is 79.9. The van der Waals surface area contributed by atoms with Crippen molar-refractivity contribution in [3.8, 4) is 0 Å². The van der Waals surface area contributed by atoms with Gasteiger partial charge in [-0.05, 0) is 44.0 Å². The van der Waals surface area contributed by atoms with E-state index in [1.165, 1.54) is 12.8 Å². The van der Waals surface area contributed by atoms with Gasteiger partial charge in [0, 0.05) is 16.1 Å². The SMILES string of the molecule is Cc1cc(Br)cc([C@@H]2CCCCN2)c1F. The zero-order valence-corrected chi connectivity index (χ0v) is 10.4. The van der Waals surface area contributed by atoms with Crippen LogP contribution in [-0.4, -0.2) is 6.54 Å². The summed E-state index contributed by atoms with van der Waals surface area (Å²) >= 11 is 3.42. The molecule has 1 heterocycles. The Kier molecular flexibility index (Phi) is 3.42. The van der Waals surface area contributed by atoms with Gasteiger partial charge < -0.3 is 5.32 Å². The second-order valence-corrected chi connectivity index (χ2v) is 5.04. The van der Waals surface area contributed by atoms with Gasteiger partial charge in [0.25, 0.3) is 0 Å². The zero-order chi connectivity index (χ0) is 10.8. The Morgan fingerprint density at radius 3 is 2.87 bits per heavy atom. The quantitative estimate of drug-likeness (QED) is 0.821. The zero-order valence-electron chi connectivity index (χ0n) is 8.82. The van der Waals surface area contributed by atoms with Crippen LogP contribution in [0.15, 0.2) is 16.6 Å². The number of benzene rings is 1. The van der Waals surface area contributed by atoms with E-state index in [1.807, 2.05) is 19.1 Å². The molecule has 1 aliphatic heterocycles. The molecule has 1 fully saturated rings. The number of piperidine rings is 1. The van der Waals surface area contributed by atoms with Crippen molar-refractivity contribution in [3.05, 3.63) is 33.5 Å². The van der Waals surface area contributed by atoms with Crippen LogP contribution in [0.1, 0.15) is 36.4 Å². The molecule has 0 amide bonds. The molecule has 3 heteroatoms. The first-order valence-corrected chi connectivity index (χ1v) is 6.16. The molecule has 0 aliphatic carbocycles. The maximum absolute atomic E-state index is 13.9. The van der Waals surface area contributed by atoms with Crippen molar-refractivity contribution in [3.63, 3.8) is 0 Å². The van der Waals surface area contributed by atoms with Crippen LogP contribution in [0.5, 0.6) is 0 Å². The Morgan fingerprint density at radius 2 is 2.20 bits per heavy atom. The largest absolute Gasteiger partial charge is 0.310 e. The summed E-state index contributed by atoms with van der Waals surface area (Å²) in [6, 6.07) is 3.91. The van der Waals surface area contributed by atoms with Gasteiger partial charge in [-0.15, -0.1) is 0 Å².